The summed E-state index contributed by atoms with van der Waals surface area (Å²) in [7, 11) is 0. The van der Waals surface area contributed by atoms with Crippen molar-refractivity contribution >= 4 is 23.4 Å². The minimum Gasteiger partial charge on any atom is -0.355 e. The average Bonchev–Trinajstić information content (AvgIpc) is 2.36. The summed E-state index contributed by atoms with van der Waals surface area (Å²) in [6.45, 7) is 2.30. The molecule has 2 amide bonds. The molecule has 0 radical (unpaired) electrons. The van der Waals surface area contributed by atoms with E-state index in [1.54, 1.807) is 12.1 Å². The number of halogens is 1. The number of carbonyl (C=O) groups is 2. The lowest BCUT2D eigenvalue weighted by Crippen LogP contribution is -2.38. The fourth-order valence-corrected chi connectivity index (χ4v) is 1.51. The molecule has 0 aliphatic heterocycles. The maximum absolute atomic E-state index is 11.6. The van der Waals surface area contributed by atoms with Crippen LogP contribution in [-0.4, -0.2) is 24.9 Å². The van der Waals surface area contributed by atoms with Crippen LogP contribution in [0.25, 0.3) is 0 Å². The molecule has 0 aromatic heterocycles. The normalized spacial score (nSPS) is 11.6. The summed E-state index contributed by atoms with van der Waals surface area (Å²) in [5, 5.41) is 4.29. The van der Waals surface area contributed by atoms with Crippen molar-refractivity contribution in [3.8, 4) is 0 Å². The molecule has 0 saturated heterocycles. The van der Waals surface area contributed by atoms with Crippen molar-refractivity contribution in [2.24, 2.45) is 0 Å². The first-order valence-corrected chi connectivity index (χ1v) is 5.82. The van der Waals surface area contributed by atoms with E-state index in [4.69, 9.17) is 11.6 Å². The van der Waals surface area contributed by atoms with E-state index in [1.807, 2.05) is 25.1 Å². The van der Waals surface area contributed by atoms with Gasteiger partial charge in [-0.25, -0.2) is 0 Å². The Balaban J connectivity index is 2.45. The van der Waals surface area contributed by atoms with Gasteiger partial charge >= 0.3 is 0 Å². The fourth-order valence-electron chi connectivity index (χ4n) is 1.29. The Kier molecular flexibility index (Phi) is 5.49. The Morgan fingerprint density at radius 1 is 1.24 bits per heavy atom. The highest BCUT2D eigenvalue weighted by Gasteiger charge is 2.17. The minimum atomic E-state index is -0.773. The number of alkyl halides is 1. The standard InChI is InChI=1S/C12H15ClN2O2/c1-2-14-10(16)8-15-12(17)11(13)9-6-4-3-5-7-9/h3-7,11H,2,8H2,1H3,(H,14,16)(H,15,17). The molecular weight excluding hydrogens is 240 g/mol. The molecular formula is C12H15ClN2O2. The zero-order chi connectivity index (χ0) is 12.7. The third-order valence-electron chi connectivity index (χ3n) is 2.12. The van der Waals surface area contributed by atoms with Gasteiger partial charge in [0.1, 0.15) is 5.38 Å². The van der Waals surface area contributed by atoms with E-state index in [9.17, 15) is 9.59 Å². The number of amides is 2. The molecule has 1 rings (SSSR count). The van der Waals surface area contributed by atoms with Gasteiger partial charge in [-0.1, -0.05) is 30.3 Å². The molecule has 0 saturated carbocycles. The van der Waals surface area contributed by atoms with E-state index in [1.165, 1.54) is 0 Å². The van der Waals surface area contributed by atoms with Crippen molar-refractivity contribution in [3.63, 3.8) is 0 Å². The maximum Gasteiger partial charge on any atom is 0.243 e. The molecule has 0 aliphatic rings. The van der Waals surface area contributed by atoms with E-state index in [2.05, 4.69) is 10.6 Å². The number of hydrogen-bond acceptors (Lipinski definition) is 2. The third kappa shape index (κ3) is 4.44. The third-order valence-corrected chi connectivity index (χ3v) is 2.57. The molecule has 1 atom stereocenters. The highest BCUT2D eigenvalue weighted by Crippen LogP contribution is 2.19. The lowest BCUT2D eigenvalue weighted by atomic mass is 10.1. The molecule has 1 aromatic carbocycles. The molecule has 17 heavy (non-hydrogen) atoms. The summed E-state index contributed by atoms with van der Waals surface area (Å²) < 4.78 is 0. The first kappa shape index (κ1) is 13.5. The van der Waals surface area contributed by atoms with Crippen LogP contribution >= 0.6 is 11.6 Å². The molecule has 2 N–H and O–H groups in total. The zero-order valence-electron chi connectivity index (χ0n) is 9.57. The van der Waals surface area contributed by atoms with Crippen molar-refractivity contribution in [2.45, 2.75) is 12.3 Å². The van der Waals surface area contributed by atoms with Crippen molar-refractivity contribution in [1.82, 2.24) is 10.6 Å². The largest absolute Gasteiger partial charge is 0.355 e. The monoisotopic (exact) mass is 254 g/mol. The SMILES string of the molecule is CCNC(=O)CNC(=O)C(Cl)c1ccccc1. The Labute approximate surface area is 105 Å². The zero-order valence-corrected chi connectivity index (χ0v) is 10.3. The molecule has 1 aromatic rings. The van der Waals surface area contributed by atoms with Gasteiger partial charge in [-0.15, -0.1) is 11.6 Å². The molecule has 0 fully saturated rings. The average molecular weight is 255 g/mol. The number of rotatable bonds is 5. The van der Waals surface area contributed by atoms with Crippen LogP contribution in [0, 0.1) is 0 Å². The van der Waals surface area contributed by atoms with Gasteiger partial charge in [0.25, 0.3) is 0 Å². The predicted octanol–water partition coefficient (Wildman–Crippen LogP) is 1.22. The molecule has 5 heteroatoms. The van der Waals surface area contributed by atoms with Gasteiger partial charge in [-0.3, -0.25) is 9.59 Å². The quantitative estimate of drug-likeness (QED) is 0.777. The summed E-state index contributed by atoms with van der Waals surface area (Å²) in [6, 6.07) is 9.00. The van der Waals surface area contributed by atoms with Crippen molar-refractivity contribution < 1.29 is 9.59 Å². The van der Waals surface area contributed by atoms with Gasteiger partial charge in [0.15, 0.2) is 0 Å². The van der Waals surface area contributed by atoms with Crippen LogP contribution in [0.3, 0.4) is 0 Å². The highest BCUT2D eigenvalue weighted by molar-refractivity contribution is 6.30. The van der Waals surface area contributed by atoms with Crippen molar-refractivity contribution in [3.05, 3.63) is 35.9 Å². The molecule has 92 valence electrons. The van der Waals surface area contributed by atoms with E-state index >= 15 is 0 Å². The van der Waals surface area contributed by atoms with Crippen LogP contribution in [0.4, 0.5) is 0 Å². The summed E-state index contributed by atoms with van der Waals surface area (Å²) in [5.41, 5.74) is 0.711. The van der Waals surface area contributed by atoms with Gasteiger partial charge < -0.3 is 10.6 Å². The van der Waals surface area contributed by atoms with Crippen LogP contribution in [0.2, 0.25) is 0 Å². The van der Waals surface area contributed by atoms with Gasteiger partial charge in [-0.2, -0.15) is 0 Å². The summed E-state index contributed by atoms with van der Waals surface area (Å²) in [5.74, 6) is -0.595. The first-order valence-electron chi connectivity index (χ1n) is 5.38. The number of likely N-dealkylation sites (N-methyl/N-ethyl adjacent to an activating group) is 1. The molecule has 4 nitrogen and oxygen atoms in total. The van der Waals surface area contributed by atoms with E-state index in [-0.39, 0.29) is 18.4 Å². The number of carbonyl (C=O) groups excluding carboxylic acids is 2. The smallest absolute Gasteiger partial charge is 0.243 e. The van der Waals surface area contributed by atoms with Gasteiger partial charge in [0, 0.05) is 6.54 Å². The lowest BCUT2D eigenvalue weighted by Gasteiger charge is -2.10. The van der Waals surface area contributed by atoms with Crippen LogP contribution in [0.1, 0.15) is 17.9 Å². The molecule has 0 spiro atoms. The van der Waals surface area contributed by atoms with Crippen molar-refractivity contribution in [2.75, 3.05) is 13.1 Å². The Hall–Kier alpha value is -1.55. The van der Waals surface area contributed by atoms with E-state index in [0.29, 0.717) is 12.1 Å². The minimum absolute atomic E-state index is 0.0529. The fraction of sp³-hybridized carbons (Fsp3) is 0.333. The van der Waals surface area contributed by atoms with Crippen LogP contribution in [-0.2, 0) is 9.59 Å². The van der Waals surface area contributed by atoms with Crippen LogP contribution < -0.4 is 10.6 Å². The van der Waals surface area contributed by atoms with Gasteiger partial charge in [0.2, 0.25) is 11.8 Å². The highest BCUT2D eigenvalue weighted by atomic mass is 35.5. The number of nitrogens with one attached hydrogen (secondary N) is 2. The van der Waals surface area contributed by atoms with E-state index in [0.717, 1.165) is 0 Å². The Bertz CT molecular complexity index is 381. The van der Waals surface area contributed by atoms with Crippen LogP contribution in [0.5, 0.6) is 0 Å². The number of hydrogen-bond donors (Lipinski definition) is 2. The van der Waals surface area contributed by atoms with E-state index < -0.39 is 5.38 Å². The Morgan fingerprint density at radius 3 is 2.47 bits per heavy atom. The van der Waals surface area contributed by atoms with Gasteiger partial charge in [-0.05, 0) is 12.5 Å². The van der Waals surface area contributed by atoms with Gasteiger partial charge in [0.05, 0.1) is 6.54 Å². The summed E-state index contributed by atoms with van der Waals surface area (Å²) in [6.07, 6.45) is 0. The summed E-state index contributed by atoms with van der Waals surface area (Å²) >= 11 is 5.97. The predicted molar refractivity (Wildman–Crippen MR) is 66.7 cm³/mol. The Morgan fingerprint density at radius 2 is 1.88 bits per heavy atom. The second-order valence-corrected chi connectivity index (χ2v) is 3.88. The molecule has 0 aliphatic carbocycles. The second kappa shape index (κ2) is 6.91. The molecule has 1 unspecified atom stereocenters. The second-order valence-electron chi connectivity index (χ2n) is 3.44. The maximum atomic E-state index is 11.6. The lowest BCUT2D eigenvalue weighted by molar-refractivity contribution is -0.125. The first-order chi connectivity index (χ1) is 8.15. The molecule has 0 bridgehead atoms. The van der Waals surface area contributed by atoms with Crippen LogP contribution in [0.15, 0.2) is 30.3 Å². The molecule has 0 heterocycles. The summed E-state index contributed by atoms with van der Waals surface area (Å²) in [4.78, 5) is 22.8. The van der Waals surface area contributed by atoms with Crippen molar-refractivity contribution in [1.29, 1.82) is 0 Å². The topological polar surface area (TPSA) is 58.2 Å². The number of benzene rings is 1.